The zero-order valence-corrected chi connectivity index (χ0v) is 11.0. The van der Waals surface area contributed by atoms with Crippen LogP contribution in [0.1, 0.15) is 25.7 Å². The summed E-state index contributed by atoms with van der Waals surface area (Å²) in [6.07, 6.45) is 7.89. The number of nitrogens with zero attached hydrogens (tertiary/aromatic N) is 3. The maximum atomic E-state index is 12.2. The lowest BCUT2D eigenvalue weighted by Crippen LogP contribution is -2.45. The zero-order valence-electron chi connectivity index (χ0n) is 11.0. The van der Waals surface area contributed by atoms with Gasteiger partial charge in [-0.25, -0.2) is 0 Å². The first-order valence-electron chi connectivity index (χ1n) is 7.13. The fourth-order valence-corrected chi connectivity index (χ4v) is 3.65. The molecule has 2 bridgehead atoms. The fourth-order valence-electron chi connectivity index (χ4n) is 3.65. The highest BCUT2D eigenvalue weighted by Crippen LogP contribution is 2.47. The number of aromatic nitrogens is 3. The van der Waals surface area contributed by atoms with Gasteiger partial charge in [0.05, 0.1) is 12.1 Å². The summed E-state index contributed by atoms with van der Waals surface area (Å²) in [7, 11) is 0. The van der Waals surface area contributed by atoms with Crippen LogP contribution in [-0.2, 0) is 11.3 Å². The summed E-state index contributed by atoms with van der Waals surface area (Å²) in [5, 5.41) is 10.7. The molecular weight excluding hydrogens is 242 g/mol. The van der Waals surface area contributed by atoms with Gasteiger partial charge in [-0.05, 0) is 37.5 Å². The van der Waals surface area contributed by atoms with E-state index in [9.17, 15) is 4.79 Å². The van der Waals surface area contributed by atoms with E-state index in [-0.39, 0.29) is 17.9 Å². The van der Waals surface area contributed by atoms with Gasteiger partial charge in [0, 0.05) is 25.3 Å². The molecule has 0 saturated heterocycles. The second kappa shape index (κ2) is 5.28. The summed E-state index contributed by atoms with van der Waals surface area (Å²) in [6.45, 7) is 1.46. The number of nitrogens with one attached hydrogen (secondary N) is 1. The fraction of sp³-hybridized carbons (Fsp3) is 0.769. The lowest BCUT2D eigenvalue weighted by atomic mass is 9.84. The number of rotatable bonds is 5. The van der Waals surface area contributed by atoms with Crippen molar-refractivity contribution in [1.82, 2.24) is 20.3 Å². The van der Waals surface area contributed by atoms with Crippen LogP contribution < -0.4 is 11.1 Å². The number of fused-ring (bicyclic) bond motifs is 2. The summed E-state index contributed by atoms with van der Waals surface area (Å²) in [5.74, 6) is 1.30. The van der Waals surface area contributed by atoms with Crippen molar-refractivity contribution in [3.05, 3.63) is 12.4 Å². The highest BCUT2D eigenvalue weighted by atomic mass is 16.1. The molecule has 1 aromatic heterocycles. The van der Waals surface area contributed by atoms with Gasteiger partial charge in [-0.1, -0.05) is 5.21 Å². The van der Waals surface area contributed by atoms with Crippen molar-refractivity contribution in [1.29, 1.82) is 0 Å². The molecule has 4 atom stereocenters. The highest BCUT2D eigenvalue weighted by molar-refractivity contribution is 5.80. The van der Waals surface area contributed by atoms with E-state index >= 15 is 0 Å². The Balaban J connectivity index is 1.42. The SMILES string of the molecule is NC1C2CCC(C2)C1C(=O)NCCCn1ccnn1. The molecule has 19 heavy (non-hydrogen) atoms. The third-order valence-electron chi connectivity index (χ3n) is 4.62. The predicted molar refractivity (Wildman–Crippen MR) is 69.9 cm³/mol. The van der Waals surface area contributed by atoms with E-state index < -0.39 is 0 Å². The summed E-state index contributed by atoms with van der Waals surface area (Å²) >= 11 is 0. The van der Waals surface area contributed by atoms with E-state index in [0.717, 1.165) is 19.4 Å². The van der Waals surface area contributed by atoms with E-state index in [2.05, 4.69) is 15.6 Å². The smallest absolute Gasteiger partial charge is 0.224 e. The van der Waals surface area contributed by atoms with Crippen molar-refractivity contribution in [2.24, 2.45) is 23.5 Å². The van der Waals surface area contributed by atoms with Crippen LogP contribution in [0.2, 0.25) is 0 Å². The number of carbonyl (C=O) groups is 1. The summed E-state index contributed by atoms with van der Waals surface area (Å²) in [5.41, 5.74) is 6.16. The van der Waals surface area contributed by atoms with Gasteiger partial charge >= 0.3 is 0 Å². The molecule has 0 radical (unpaired) electrons. The molecule has 6 nitrogen and oxygen atoms in total. The lowest BCUT2D eigenvalue weighted by Gasteiger charge is -2.27. The first-order chi connectivity index (χ1) is 9.25. The minimum Gasteiger partial charge on any atom is -0.356 e. The number of hydrogen-bond donors (Lipinski definition) is 2. The average molecular weight is 263 g/mol. The third kappa shape index (κ3) is 2.49. The molecule has 1 heterocycles. The molecule has 0 aromatic carbocycles. The molecule has 2 aliphatic carbocycles. The Morgan fingerprint density at radius 1 is 1.42 bits per heavy atom. The Morgan fingerprint density at radius 3 is 2.95 bits per heavy atom. The quantitative estimate of drug-likeness (QED) is 0.741. The Hall–Kier alpha value is -1.43. The number of amides is 1. The molecule has 6 heteroatoms. The maximum Gasteiger partial charge on any atom is 0.224 e. The minimum atomic E-state index is 0.0464. The second-order valence-electron chi connectivity index (χ2n) is 5.75. The van der Waals surface area contributed by atoms with Gasteiger partial charge in [-0.2, -0.15) is 0 Å². The number of aryl methyl sites for hydroxylation is 1. The van der Waals surface area contributed by atoms with Crippen LogP contribution in [0.25, 0.3) is 0 Å². The molecule has 3 N–H and O–H groups in total. The Kier molecular flexibility index (Phi) is 3.50. The van der Waals surface area contributed by atoms with E-state index in [4.69, 9.17) is 5.73 Å². The molecule has 4 unspecified atom stereocenters. The highest BCUT2D eigenvalue weighted by Gasteiger charge is 2.48. The van der Waals surface area contributed by atoms with E-state index in [1.807, 2.05) is 6.20 Å². The van der Waals surface area contributed by atoms with Crippen molar-refractivity contribution in [3.8, 4) is 0 Å². The molecule has 1 aromatic rings. The second-order valence-corrected chi connectivity index (χ2v) is 5.75. The first kappa shape index (κ1) is 12.6. The number of hydrogen-bond acceptors (Lipinski definition) is 4. The van der Waals surface area contributed by atoms with Crippen LogP contribution in [0.15, 0.2) is 12.4 Å². The molecule has 104 valence electrons. The monoisotopic (exact) mass is 263 g/mol. The van der Waals surface area contributed by atoms with Gasteiger partial charge in [0.2, 0.25) is 5.91 Å². The van der Waals surface area contributed by atoms with Gasteiger partial charge < -0.3 is 11.1 Å². The van der Waals surface area contributed by atoms with Crippen LogP contribution in [0.3, 0.4) is 0 Å². The molecule has 2 aliphatic rings. The Labute approximate surface area is 112 Å². The Bertz CT molecular complexity index is 430. The first-order valence-corrected chi connectivity index (χ1v) is 7.13. The molecule has 0 aliphatic heterocycles. The van der Waals surface area contributed by atoms with Gasteiger partial charge in [-0.15, -0.1) is 5.10 Å². The van der Waals surface area contributed by atoms with Crippen LogP contribution in [-0.4, -0.2) is 33.5 Å². The van der Waals surface area contributed by atoms with Crippen LogP contribution in [0.5, 0.6) is 0 Å². The summed E-state index contributed by atoms with van der Waals surface area (Å²) < 4.78 is 1.77. The van der Waals surface area contributed by atoms with Crippen LogP contribution in [0, 0.1) is 17.8 Å². The molecule has 2 saturated carbocycles. The number of nitrogens with two attached hydrogens (primary N) is 1. The van der Waals surface area contributed by atoms with E-state index in [1.165, 1.54) is 12.8 Å². The van der Waals surface area contributed by atoms with Crippen LogP contribution in [0.4, 0.5) is 0 Å². The Morgan fingerprint density at radius 2 is 2.26 bits per heavy atom. The third-order valence-corrected chi connectivity index (χ3v) is 4.62. The van der Waals surface area contributed by atoms with E-state index in [1.54, 1.807) is 10.9 Å². The van der Waals surface area contributed by atoms with Crippen molar-refractivity contribution < 1.29 is 4.79 Å². The molecule has 1 amide bonds. The molecule has 0 spiro atoms. The van der Waals surface area contributed by atoms with Gasteiger partial charge in [0.15, 0.2) is 0 Å². The minimum absolute atomic E-state index is 0.0464. The number of carbonyl (C=O) groups excluding carboxylic acids is 1. The van der Waals surface area contributed by atoms with Crippen molar-refractivity contribution in [3.63, 3.8) is 0 Å². The maximum absolute atomic E-state index is 12.2. The van der Waals surface area contributed by atoms with Gasteiger partial charge in [0.25, 0.3) is 0 Å². The van der Waals surface area contributed by atoms with Crippen molar-refractivity contribution in [2.75, 3.05) is 6.54 Å². The standard InChI is InChI=1S/C13H21N5O/c14-12-10-3-2-9(8-10)11(12)13(19)15-4-1-6-18-7-5-16-17-18/h5,7,9-12H,1-4,6,8,14H2,(H,15,19). The van der Waals surface area contributed by atoms with Gasteiger partial charge in [-0.3, -0.25) is 9.48 Å². The molecule has 2 fully saturated rings. The normalized spacial score (nSPS) is 32.7. The predicted octanol–water partition coefficient (Wildman–Crippen LogP) is 0.158. The lowest BCUT2D eigenvalue weighted by molar-refractivity contribution is -0.127. The summed E-state index contributed by atoms with van der Waals surface area (Å²) in [6, 6.07) is 0.0778. The summed E-state index contributed by atoms with van der Waals surface area (Å²) in [4.78, 5) is 12.2. The van der Waals surface area contributed by atoms with Crippen molar-refractivity contribution in [2.45, 2.75) is 38.3 Å². The average Bonchev–Trinajstić information content (AvgIpc) is 3.10. The van der Waals surface area contributed by atoms with Crippen LogP contribution >= 0.6 is 0 Å². The van der Waals surface area contributed by atoms with E-state index in [0.29, 0.717) is 18.4 Å². The van der Waals surface area contributed by atoms with Gasteiger partial charge in [0.1, 0.15) is 0 Å². The topological polar surface area (TPSA) is 85.8 Å². The molecule has 3 rings (SSSR count). The molecular formula is C13H21N5O. The van der Waals surface area contributed by atoms with Crippen molar-refractivity contribution >= 4 is 5.91 Å². The largest absolute Gasteiger partial charge is 0.356 e. The zero-order chi connectivity index (χ0) is 13.2.